The second-order valence-electron chi connectivity index (χ2n) is 2.23. The van der Waals surface area contributed by atoms with E-state index in [1.807, 2.05) is 18.2 Å². The summed E-state index contributed by atoms with van der Waals surface area (Å²) in [5.74, 6) is 0. The molecule has 0 bridgehead atoms. The minimum Gasteiger partial charge on any atom is -0.185 e. The molecule has 54 valence electrons. The lowest BCUT2D eigenvalue weighted by Gasteiger charge is -1.85. The smallest absolute Gasteiger partial charge is 0.185 e. The van der Waals surface area contributed by atoms with Gasteiger partial charge in [0.05, 0.1) is 4.91 Å². The average Bonchev–Trinajstić information content (AvgIpc) is 2.04. The van der Waals surface area contributed by atoms with E-state index in [9.17, 15) is 4.91 Å². The Kier molecular flexibility index (Phi) is 1.22. The van der Waals surface area contributed by atoms with Crippen LogP contribution in [0.5, 0.6) is 0 Å². The van der Waals surface area contributed by atoms with Gasteiger partial charge in [0.25, 0.3) is 10.8 Å². The first-order chi connectivity index (χ1) is 5.36. The number of rotatable bonds is 0. The van der Waals surface area contributed by atoms with Crippen LogP contribution in [-0.2, 0) is 0 Å². The largest absolute Gasteiger partial charge is 0.283 e. The minimum absolute atomic E-state index is 0.433. The van der Waals surface area contributed by atoms with Gasteiger partial charge in [0.15, 0.2) is 0 Å². The Morgan fingerprint density at radius 3 is 2.91 bits per heavy atom. The monoisotopic (exact) mass is 148 g/mol. The molecule has 0 aliphatic carbocycles. The number of fused-ring (bicyclic) bond motifs is 1. The van der Waals surface area contributed by atoms with Crippen LogP contribution in [-0.4, -0.2) is 0 Å². The molecule has 1 aromatic carbocycles. The first-order valence-electron chi connectivity index (χ1n) is 3.28. The lowest BCUT2D eigenvalue weighted by molar-refractivity contribution is -0.701. The number of para-hydroxylation sites is 1. The van der Waals surface area contributed by atoms with Crippen molar-refractivity contribution in [2.24, 2.45) is 0 Å². The van der Waals surface area contributed by atoms with E-state index in [1.165, 1.54) is 6.20 Å². The van der Waals surface area contributed by atoms with Crippen molar-refractivity contribution in [3.63, 3.8) is 0 Å². The second-order valence-corrected chi connectivity index (χ2v) is 2.23. The SMILES string of the molecule is O=[n+]1ccc2ccccc2o1. The molecule has 0 atom stereocenters. The third-order valence-electron chi connectivity index (χ3n) is 1.48. The highest BCUT2D eigenvalue weighted by Crippen LogP contribution is 2.08. The van der Waals surface area contributed by atoms with Crippen LogP contribution in [0.1, 0.15) is 0 Å². The van der Waals surface area contributed by atoms with Crippen LogP contribution in [0.15, 0.2) is 41.1 Å². The van der Waals surface area contributed by atoms with Crippen LogP contribution in [0.3, 0.4) is 0 Å². The van der Waals surface area contributed by atoms with Crippen molar-refractivity contribution in [2.75, 3.05) is 0 Å². The van der Waals surface area contributed by atoms with Crippen molar-refractivity contribution in [1.82, 2.24) is 0 Å². The lowest BCUT2D eigenvalue weighted by atomic mass is 10.2. The summed E-state index contributed by atoms with van der Waals surface area (Å²) < 4.78 is 5.26. The van der Waals surface area contributed by atoms with Crippen molar-refractivity contribution in [1.29, 1.82) is 0 Å². The van der Waals surface area contributed by atoms with Gasteiger partial charge in [-0.15, -0.1) is 0 Å². The summed E-state index contributed by atoms with van der Waals surface area (Å²) in [6.07, 6.45) is 1.34. The fraction of sp³-hybridized carbons (Fsp3) is 0. The van der Waals surface area contributed by atoms with Crippen LogP contribution in [0, 0.1) is 4.91 Å². The first-order valence-corrected chi connectivity index (χ1v) is 3.28. The van der Waals surface area contributed by atoms with Gasteiger partial charge < -0.3 is 0 Å². The van der Waals surface area contributed by atoms with E-state index >= 15 is 0 Å². The molecule has 1 aromatic heterocycles. The molecule has 11 heavy (non-hydrogen) atoms. The van der Waals surface area contributed by atoms with Crippen molar-refractivity contribution in [3.8, 4) is 0 Å². The first kappa shape index (κ1) is 6.09. The van der Waals surface area contributed by atoms with Crippen molar-refractivity contribution in [2.45, 2.75) is 0 Å². The quantitative estimate of drug-likeness (QED) is 0.565. The summed E-state index contributed by atoms with van der Waals surface area (Å²) in [7, 11) is 0. The highest BCUT2D eigenvalue weighted by Gasteiger charge is 1.98. The standard InChI is InChI=1S/C8H6NO2/c10-9-6-5-7-3-1-2-4-8(7)11-9/h1-6H/q+1. The number of benzene rings is 1. The molecule has 0 aliphatic rings. The Balaban J connectivity index is 2.94. The van der Waals surface area contributed by atoms with E-state index in [4.69, 9.17) is 4.52 Å². The number of nitrogens with zero attached hydrogens (tertiary/aromatic N) is 1. The van der Waals surface area contributed by atoms with Crippen molar-refractivity contribution >= 4 is 11.0 Å². The van der Waals surface area contributed by atoms with Gasteiger partial charge in [-0.25, -0.2) is 0 Å². The molecule has 3 heteroatoms. The summed E-state index contributed by atoms with van der Waals surface area (Å²) >= 11 is 0. The molecule has 0 saturated heterocycles. The zero-order chi connectivity index (χ0) is 7.68. The van der Waals surface area contributed by atoms with Crippen LogP contribution in [0.2, 0.25) is 0 Å². The normalized spacial score (nSPS) is 10.2. The molecule has 3 nitrogen and oxygen atoms in total. The van der Waals surface area contributed by atoms with Gasteiger partial charge in [-0.05, 0) is 6.07 Å². The summed E-state index contributed by atoms with van der Waals surface area (Å²) in [6, 6.07) is 9.08. The van der Waals surface area contributed by atoms with Gasteiger partial charge in [0.2, 0.25) is 5.58 Å². The Hall–Kier alpha value is -1.64. The molecule has 0 fully saturated rings. The molecule has 0 spiro atoms. The maximum absolute atomic E-state index is 10.6. The predicted molar refractivity (Wildman–Crippen MR) is 39.6 cm³/mol. The van der Waals surface area contributed by atoms with Crippen LogP contribution in [0.4, 0.5) is 0 Å². The molecule has 2 rings (SSSR count). The van der Waals surface area contributed by atoms with Crippen molar-refractivity contribution < 1.29 is 9.12 Å². The minimum atomic E-state index is 0.433. The zero-order valence-corrected chi connectivity index (χ0v) is 5.73. The topological polar surface area (TPSA) is 36.1 Å². The van der Waals surface area contributed by atoms with Gasteiger partial charge in [-0.1, -0.05) is 18.2 Å². The van der Waals surface area contributed by atoms with Gasteiger partial charge in [-0.2, -0.15) is 4.52 Å². The summed E-state index contributed by atoms with van der Waals surface area (Å²) in [4.78, 5) is 10.6. The van der Waals surface area contributed by atoms with Crippen LogP contribution < -0.4 is 4.60 Å². The van der Waals surface area contributed by atoms with Gasteiger partial charge in [-0.3, -0.25) is 0 Å². The van der Waals surface area contributed by atoms with Crippen LogP contribution >= 0.6 is 0 Å². The molecule has 0 aliphatic heterocycles. The van der Waals surface area contributed by atoms with E-state index in [1.54, 1.807) is 12.1 Å². The van der Waals surface area contributed by atoms with Gasteiger partial charge >= 0.3 is 0 Å². The fourth-order valence-corrected chi connectivity index (χ4v) is 0.970. The van der Waals surface area contributed by atoms with Gasteiger partial charge in [0.1, 0.15) is 0 Å². The molecular formula is C8H6NO2+. The number of hydrogen-bond acceptors (Lipinski definition) is 2. The van der Waals surface area contributed by atoms with Crippen molar-refractivity contribution in [3.05, 3.63) is 41.4 Å². The van der Waals surface area contributed by atoms with E-state index in [2.05, 4.69) is 0 Å². The molecule has 0 N–H and O–H groups in total. The molecule has 2 aromatic rings. The Bertz CT molecular complexity index is 433. The Labute approximate surface area is 62.4 Å². The molecule has 0 amide bonds. The maximum atomic E-state index is 10.6. The molecule has 0 saturated carbocycles. The molecule has 0 unspecified atom stereocenters. The average molecular weight is 148 g/mol. The molecular weight excluding hydrogens is 142 g/mol. The third-order valence-corrected chi connectivity index (χ3v) is 1.48. The van der Waals surface area contributed by atoms with E-state index in [0.29, 0.717) is 10.2 Å². The Morgan fingerprint density at radius 2 is 2.00 bits per heavy atom. The summed E-state index contributed by atoms with van der Waals surface area (Å²) in [5, 5.41) is 0.930. The number of hydrogen-bond donors (Lipinski definition) is 0. The van der Waals surface area contributed by atoms with E-state index < -0.39 is 0 Å². The summed E-state index contributed by atoms with van der Waals surface area (Å²) in [5.41, 5.74) is 0.602. The fourth-order valence-electron chi connectivity index (χ4n) is 0.970. The van der Waals surface area contributed by atoms with E-state index in [-0.39, 0.29) is 0 Å². The maximum Gasteiger partial charge on any atom is 0.283 e. The highest BCUT2D eigenvalue weighted by molar-refractivity contribution is 5.74. The second kappa shape index (κ2) is 2.20. The molecule has 1 heterocycles. The zero-order valence-electron chi connectivity index (χ0n) is 5.73. The van der Waals surface area contributed by atoms with E-state index in [0.717, 1.165) is 5.39 Å². The summed E-state index contributed by atoms with van der Waals surface area (Å²) in [6.45, 7) is 0. The number of aromatic nitrogens is 1. The lowest BCUT2D eigenvalue weighted by Crippen LogP contribution is -2.09. The molecule has 0 radical (unpaired) electrons. The van der Waals surface area contributed by atoms with Crippen LogP contribution in [0.25, 0.3) is 11.0 Å². The van der Waals surface area contributed by atoms with Gasteiger partial charge in [0, 0.05) is 11.5 Å². The third kappa shape index (κ3) is 1.00. The Morgan fingerprint density at radius 1 is 1.18 bits per heavy atom. The highest BCUT2D eigenvalue weighted by atomic mass is 16.6. The predicted octanol–water partition coefficient (Wildman–Crippen LogP) is 1.35.